The van der Waals surface area contributed by atoms with Crippen molar-refractivity contribution < 1.29 is 9.59 Å². The summed E-state index contributed by atoms with van der Waals surface area (Å²) in [6.45, 7) is 0. The van der Waals surface area contributed by atoms with Crippen molar-refractivity contribution in [1.82, 2.24) is 0 Å². The van der Waals surface area contributed by atoms with E-state index in [-0.39, 0.29) is 11.6 Å². The number of carbonyl (C=O) groups is 2. The van der Waals surface area contributed by atoms with Crippen LogP contribution in [-0.2, 0) is 9.59 Å². The fourth-order valence-corrected chi connectivity index (χ4v) is 1.97. The Balaban J connectivity index is 2.53. The molecular weight excluding hydrogens is 312 g/mol. The van der Waals surface area contributed by atoms with Crippen molar-refractivity contribution in [2.24, 2.45) is 0 Å². The highest BCUT2D eigenvalue weighted by Gasteiger charge is 2.20. The number of hydrogen-bond acceptors (Lipinski definition) is 2. The van der Waals surface area contributed by atoms with Gasteiger partial charge in [0.05, 0.1) is 8.96 Å². The number of fused-ring (bicyclic) bond motifs is 1. The summed E-state index contributed by atoms with van der Waals surface area (Å²) >= 11 is 6.27. The molecule has 2 aliphatic carbocycles. The molecule has 4 heteroatoms. The first kappa shape index (κ1) is 9.80. The standard InChI is InChI=1S/C10H4Br2O2/c11-7-1-5-3-10(14)8(12)2-6(5)4-9(7)13/h1-4H. The van der Waals surface area contributed by atoms with Crippen LogP contribution in [0.3, 0.4) is 0 Å². The maximum atomic E-state index is 11.3. The molecule has 0 aromatic heterocycles. The Morgan fingerprint density at radius 3 is 1.43 bits per heavy atom. The fraction of sp³-hybridized carbons (Fsp3) is 0. The third-order valence-electron chi connectivity index (χ3n) is 1.94. The largest absolute Gasteiger partial charge is 0.289 e. The van der Waals surface area contributed by atoms with Crippen molar-refractivity contribution >= 4 is 43.4 Å². The highest BCUT2D eigenvalue weighted by Crippen LogP contribution is 2.30. The van der Waals surface area contributed by atoms with E-state index in [0.717, 1.165) is 11.1 Å². The molecule has 0 radical (unpaired) electrons. The molecule has 0 fully saturated rings. The molecular formula is C10H4Br2O2. The predicted octanol–water partition coefficient (Wildman–Crippen LogP) is 2.56. The van der Waals surface area contributed by atoms with Crippen molar-refractivity contribution in [1.29, 1.82) is 0 Å². The number of carbonyl (C=O) groups excluding carboxylic acids is 2. The zero-order chi connectivity index (χ0) is 10.3. The van der Waals surface area contributed by atoms with Crippen LogP contribution in [0.5, 0.6) is 0 Å². The maximum absolute atomic E-state index is 11.3. The second kappa shape index (κ2) is 3.44. The Morgan fingerprint density at radius 2 is 1.07 bits per heavy atom. The zero-order valence-electron chi connectivity index (χ0n) is 6.88. The van der Waals surface area contributed by atoms with Crippen LogP contribution >= 0.6 is 31.9 Å². The molecule has 70 valence electrons. The van der Waals surface area contributed by atoms with Crippen LogP contribution in [0.25, 0.3) is 0 Å². The van der Waals surface area contributed by atoms with Crippen LogP contribution in [0.15, 0.2) is 44.4 Å². The molecule has 0 saturated carbocycles. The van der Waals surface area contributed by atoms with E-state index in [9.17, 15) is 9.59 Å². The summed E-state index contributed by atoms with van der Waals surface area (Å²) in [4.78, 5) is 22.6. The van der Waals surface area contributed by atoms with Gasteiger partial charge in [0.1, 0.15) is 0 Å². The first-order valence-electron chi connectivity index (χ1n) is 3.85. The lowest BCUT2D eigenvalue weighted by Crippen LogP contribution is -2.08. The quantitative estimate of drug-likeness (QED) is 0.688. The molecule has 0 spiro atoms. The number of allylic oxidation sites excluding steroid dienone is 8. The van der Waals surface area contributed by atoms with Crippen LogP contribution in [0.1, 0.15) is 0 Å². The van der Waals surface area contributed by atoms with Gasteiger partial charge in [0.2, 0.25) is 0 Å². The molecule has 2 rings (SSSR count). The fourth-order valence-electron chi connectivity index (χ4n) is 1.25. The minimum atomic E-state index is -0.0805. The van der Waals surface area contributed by atoms with Gasteiger partial charge in [-0.1, -0.05) is 0 Å². The predicted molar refractivity (Wildman–Crippen MR) is 60.2 cm³/mol. The van der Waals surface area contributed by atoms with Crippen molar-refractivity contribution in [3.63, 3.8) is 0 Å². The number of halogens is 2. The molecule has 0 saturated heterocycles. The van der Waals surface area contributed by atoms with Crippen LogP contribution in [0, 0.1) is 0 Å². The second-order valence-corrected chi connectivity index (χ2v) is 4.62. The Kier molecular flexibility index (Phi) is 2.41. The summed E-state index contributed by atoms with van der Waals surface area (Å²) in [5, 5.41) is 0. The second-order valence-electron chi connectivity index (χ2n) is 2.91. The van der Waals surface area contributed by atoms with E-state index in [1.54, 1.807) is 12.2 Å². The van der Waals surface area contributed by atoms with Crippen molar-refractivity contribution in [3.05, 3.63) is 44.4 Å². The molecule has 14 heavy (non-hydrogen) atoms. The smallest absolute Gasteiger partial charge is 0.193 e. The minimum absolute atomic E-state index is 0.0805. The van der Waals surface area contributed by atoms with Gasteiger partial charge in [-0.25, -0.2) is 0 Å². The molecule has 0 aromatic rings. The van der Waals surface area contributed by atoms with Gasteiger partial charge >= 0.3 is 0 Å². The van der Waals surface area contributed by atoms with Gasteiger partial charge in [-0.3, -0.25) is 9.59 Å². The Labute approximate surface area is 97.3 Å². The highest BCUT2D eigenvalue weighted by atomic mass is 79.9. The van der Waals surface area contributed by atoms with Gasteiger partial charge in [0.25, 0.3) is 0 Å². The SMILES string of the molecule is O=C1C=C2C=C(Br)C(=O)C=C2C=C1Br. The Morgan fingerprint density at radius 1 is 0.714 bits per heavy atom. The summed E-state index contributed by atoms with van der Waals surface area (Å²) in [7, 11) is 0. The summed E-state index contributed by atoms with van der Waals surface area (Å²) in [6, 6.07) is 0. The molecule has 0 aliphatic heterocycles. The van der Waals surface area contributed by atoms with Crippen molar-refractivity contribution in [2.45, 2.75) is 0 Å². The molecule has 0 bridgehead atoms. The third kappa shape index (κ3) is 1.60. The molecule has 2 nitrogen and oxygen atoms in total. The highest BCUT2D eigenvalue weighted by molar-refractivity contribution is 9.12. The molecule has 0 heterocycles. The summed E-state index contributed by atoms with van der Waals surface area (Å²) in [5.41, 5.74) is 1.54. The van der Waals surface area contributed by atoms with E-state index >= 15 is 0 Å². The normalized spacial score (nSPS) is 20.7. The van der Waals surface area contributed by atoms with E-state index in [1.165, 1.54) is 12.2 Å². The third-order valence-corrected chi connectivity index (χ3v) is 3.18. The van der Waals surface area contributed by atoms with Gasteiger partial charge < -0.3 is 0 Å². The molecule has 0 atom stereocenters. The monoisotopic (exact) mass is 314 g/mol. The summed E-state index contributed by atoms with van der Waals surface area (Å²) in [6.07, 6.45) is 6.32. The molecule has 0 aromatic carbocycles. The van der Waals surface area contributed by atoms with Crippen LogP contribution < -0.4 is 0 Å². The van der Waals surface area contributed by atoms with E-state index in [1.807, 2.05) is 0 Å². The lowest BCUT2D eigenvalue weighted by molar-refractivity contribution is -0.111. The van der Waals surface area contributed by atoms with Gasteiger partial charge in [0.15, 0.2) is 11.6 Å². The average Bonchev–Trinajstić information content (AvgIpc) is 2.11. The van der Waals surface area contributed by atoms with Gasteiger partial charge in [-0.05, 0) is 67.3 Å². The van der Waals surface area contributed by atoms with Crippen molar-refractivity contribution in [2.75, 3.05) is 0 Å². The molecule has 0 unspecified atom stereocenters. The maximum Gasteiger partial charge on any atom is 0.193 e. The Hall–Kier alpha value is -0.740. The minimum Gasteiger partial charge on any atom is -0.289 e. The van der Waals surface area contributed by atoms with Gasteiger partial charge in [-0.2, -0.15) is 0 Å². The Bertz CT molecular complexity index is 421. The number of hydrogen-bond donors (Lipinski definition) is 0. The van der Waals surface area contributed by atoms with Gasteiger partial charge in [-0.15, -0.1) is 0 Å². The zero-order valence-corrected chi connectivity index (χ0v) is 10.1. The first-order valence-corrected chi connectivity index (χ1v) is 5.43. The van der Waals surface area contributed by atoms with E-state index in [0.29, 0.717) is 8.96 Å². The van der Waals surface area contributed by atoms with Crippen LogP contribution in [0.2, 0.25) is 0 Å². The first-order chi connectivity index (χ1) is 6.58. The van der Waals surface area contributed by atoms with E-state index < -0.39 is 0 Å². The van der Waals surface area contributed by atoms with Crippen LogP contribution in [0.4, 0.5) is 0 Å². The van der Waals surface area contributed by atoms with Crippen LogP contribution in [-0.4, -0.2) is 11.6 Å². The molecule has 0 amide bonds. The lowest BCUT2D eigenvalue weighted by Gasteiger charge is -2.14. The van der Waals surface area contributed by atoms with E-state index in [4.69, 9.17) is 0 Å². The summed E-state index contributed by atoms with van der Waals surface area (Å²) in [5.74, 6) is -0.161. The number of rotatable bonds is 0. The van der Waals surface area contributed by atoms with E-state index in [2.05, 4.69) is 31.9 Å². The van der Waals surface area contributed by atoms with Gasteiger partial charge in [0, 0.05) is 0 Å². The van der Waals surface area contributed by atoms with Crippen molar-refractivity contribution in [3.8, 4) is 0 Å². The molecule has 2 aliphatic rings. The molecule has 0 N–H and O–H groups in total. The number of ketones is 2. The topological polar surface area (TPSA) is 34.1 Å². The summed E-state index contributed by atoms with van der Waals surface area (Å²) < 4.78 is 0.957. The lowest BCUT2D eigenvalue weighted by atomic mass is 9.94. The average molecular weight is 316 g/mol.